The summed E-state index contributed by atoms with van der Waals surface area (Å²) in [6, 6.07) is 13.0. The second kappa shape index (κ2) is 9.69. The lowest BCUT2D eigenvalue weighted by atomic mass is 10.1. The summed E-state index contributed by atoms with van der Waals surface area (Å²) in [7, 11) is 0. The number of nitrogens with one attached hydrogen (secondary N) is 2. The minimum atomic E-state index is -0.350. The molecule has 0 saturated carbocycles. The predicted molar refractivity (Wildman–Crippen MR) is 119 cm³/mol. The van der Waals surface area contributed by atoms with Crippen LogP contribution in [-0.4, -0.2) is 26.5 Å². The van der Waals surface area contributed by atoms with Crippen LogP contribution in [-0.2, 0) is 0 Å². The number of anilines is 1. The second-order valence-electron chi connectivity index (χ2n) is 7.02. The number of rotatable bonds is 8. The number of fused-ring (bicyclic) bond motifs is 1. The molecule has 2 N–H and O–H groups in total. The molecular weight excluding hydrogens is 410 g/mol. The molecule has 4 aromatic rings. The minimum Gasteiger partial charge on any atom is -0.465 e. The standard InChI is InChI=1S/C23H21N5O4/c1-2-3-4-5-13-31-16-11-9-15(10-12-16)23(30)24-18-8-6-7-17-19(29)14-20(32-21(17)18)22-25-27-28-26-22/h5-14H,2-4H2,1H3,(H,24,30)(H,25,26,27,28)/b13-5+. The lowest BCUT2D eigenvalue weighted by Gasteiger charge is -2.09. The maximum absolute atomic E-state index is 12.8. The highest BCUT2D eigenvalue weighted by atomic mass is 16.5. The highest BCUT2D eigenvalue weighted by Gasteiger charge is 2.15. The van der Waals surface area contributed by atoms with Gasteiger partial charge >= 0.3 is 0 Å². The fourth-order valence-electron chi connectivity index (χ4n) is 3.05. The Morgan fingerprint density at radius 2 is 2.06 bits per heavy atom. The van der Waals surface area contributed by atoms with Gasteiger partial charge in [0.1, 0.15) is 5.75 Å². The zero-order valence-corrected chi connectivity index (χ0v) is 17.4. The lowest BCUT2D eigenvalue weighted by molar-refractivity contribution is 0.102. The van der Waals surface area contributed by atoms with Crippen LogP contribution in [0.4, 0.5) is 5.69 Å². The van der Waals surface area contributed by atoms with Gasteiger partial charge in [-0.3, -0.25) is 9.59 Å². The number of para-hydroxylation sites is 1. The van der Waals surface area contributed by atoms with Crippen LogP contribution in [0.1, 0.15) is 36.5 Å². The highest BCUT2D eigenvalue weighted by Crippen LogP contribution is 2.26. The number of carbonyl (C=O) groups is 1. The van der Waals surface area contributed by atoms with Gasteiger partial charge in [-0.15, -0.1) is 5.10 Å². The number of hydrogen-bond acceptors (Lipinski definition) is 7. The third kappa shape index (κ3) is 4.72. The molecule has 0 aliphatic rings. The Balaban J connectivity index is 1.53. The van der Waals surface area contributed by atoms with E-state index in [9.17, 15) is 9.59 Å². The van der Waals surface area contributed by atoms with Crippen LogP contribution < -0.4 is 15.5 Å². The topological polar surface area (TPSA) is 123 Å². The molecule has 0 saturated heterocycles. The first-order chi connectivity index (χ1) is 15.7. The number of hydrogen-bond donors (Lipinski definition) is 2. The van der Waals surface area contributed by atoms with E-state index in [4.69, 9.17) is 9.15 Å². The van der Waals surface area contributed by atoms with Gasteiger partial charge in [-0.05, 0) is 65.7 Å². The van der Waals surface area contributed by atoms with E-state index in [0.29, 0.717) is 22.4 Å². The molecule has 2 heterocycles. The van der Waals surface area contributed by atoms with Gasteiger partial charge in [-0.1, -0.05) is 19.4 Å². The molecule has 4 rings (SSSR count). The van der Waals surface area contributed by atoms with Gasteiger partial charge in [0, 0.05) is 11.6 Å². The quantitative estimate of drug-likeness (QED) is 0.315. The van der Waals surface area contributed by atoms with E-state index < -0.39 is 0 Å². The Morgan fingerprint density at radius 3 is 2.81 bits per heavy atom. The monoisotopic (exact) mass is 431 g/mol. The first-order valence-corrected chi connectivity index (χ1v) is 10.2. The Morgan fingerprint density at radius 1 is 1.22 bits per heavy atom. The number of benzene rings is 2. The summed E-state index contributed by atoms with van der Waals surface area (Å²) in [6.07, 6.45) is 6.84. The summed E-state index contributed by atoms with van der Waals surface area (Å²) in [6.45, 7) is 2.14. The van der Waals surface area contributed by atoms with E-state index >= 15 is 0 Å². The lowest BCUT2D eigenvalue weighted by Crippen LogP contribution is -2.13. The molecule has 9 nitrogen and oxygen atoms in total. The van der Waals surface area contributed by atoms with Crippen LogP contribution in [0, 0.1) is 0 Å². The summed E-state index contributed by atoms with van der Waals surface area (Å²) in [5.74, 6) is 0.667. The molecule has 32 heavy (non-hydrogen) atoms. The van der Waals surface area contributed by atoms with Gasteiger partial charge < -0.3 is 14.5 Å². The number of amides is 1. The third-order valence-corrected chi connectivity index (χ3v) is 4.72. The molecule has 2 aromatic carbocycles. The van der Waals surface area contributed by atoms with E-state index in [0.717, 1.165) is 19.3 Å². The molecule has 0 fully saturated rings. The SMILES string of the molecule is CCCC/C=C/Oc1ccc(C(=O)Nc2cccc3c(=O)cc(-c4nnn[nH]4)oc23)cc1. The van der Waals surface area contributed by atoms with Gasteiger partial charge in [-0.2, -0.15) is 0 Å². The first-order valence-electron chi connectivity index (χ1n) is 10.2. The van der Waals surface area contributed by atoms with Crippen LogP contribution in [0.2, 0.25) is 0 Å². The number of tetrazole rings is 1. The van der Waals surface area contributed by atoms with Crippen molar-refractivity contribution < 1.29 is 13.9 Å². The van der Waals surface area contributed by atoms with E-state index in [1.807, 2.05) is 6.08 Å². The number of allylic oxidation sites excluding steroid dienone is 1. The number of H-pyrrole nitrogens is 1. The van der Waals surface area contributed by atoms with E-state index in [1.54, 1.807) is 48.7 Å². The van der Waals surface area contributed by atoms with Crippen LogP contribution in [0.3, 0.4) is 0 Å². The van der Waals surface area contributed by atoms with E-state index in [-0.39, 0.29) is 28.5 Å². The van der Waals surface area contributed by atoms with Gasteiger partial charge in [0.25, 0.3) is 5.91 Å². The van der Waals surface area contributed by atoms with Crippen molar-refractivity contribution in [2.24, 2.45) is 0 Å². The normalized spacial score (nSPS) is 11.2. The number of aromatic nitrogens is 4. The van der Waals surface area contributed by atoms with Crippen LogP contribution >= 0.6 is 0 Å². The first kappa shape index (κ1) is 21.0. The van der Waals surface area contributed by atoms with Gasteiger partial charge in [0.2, 0.25) is 5.82 Å². The maximum Gasteiger partial charge on any atom is 0.255 e. The Bertz CT molecular complexity index is 1290. The molecule has 0 spiro atoms. The molecule has 0 aliphatic heterocycles. The van der Waals surface area contributed by atoms with E-state index in [1.165, 1.54) is 6.07 Å². The molecule has 0 aliphatic carbocycles. The van der Waals surface area contributed by atoms with Gasteiger partial charge in [0.15, 0.2) is 16.8 Å². The Hall–Kier alpha value is -4.27. The maximum atomic E-state index is 12.8. The van der Waals surface area contributed by atoms with Crippen molar-refractivity contribution in [1.82, 2.24) is 20.6 Å². The Kier molecular flexibility index (Phi) is 6.35. The molecule has 162 valence electrons. The van der Waals surface area contributed by atoms with Crippen LogP contribution in [0.25, 0.3) is 22.6 Å². The van der Waals surface area contributed by atoms with Crippen molar-refractivity contribution in [1.29, 1.82) is 0 Å². The summed E-state index contributed by atoms with van der Waals surface area (Å²) in [4.78, 5) is 25.3. The van der Waals surface area contributed by atoms with E-state index in [2.05, 4.69) is 32.9 Å². The number of nitrogens with zero attached hydrogens (tertiary/aromatic N) is 3. The fourth-order valence-corrected chi connectivity index (χ4v) is 3.05. The van der Waals surface area contributed by atoms with Gasteiger partial charge in [-0.25, -0.2) is 5.10 Å². The zero-order valence-electron chi connectivity index (χ0n) is 17.4. The number of carbonyl (C=O) groups excluding carboxylic acids is 1. The van der Waals surface area contributed by atoms with Crippen molar-refractivity contribution in [3.8, 4) is 17.3 Å². The van der Waals surface area contributed by atoms with Crippen molar-refractivity contribution in [3.63, 3.8) is 0 Å². The van der Waals surface area contributed by atoms with Crippen molar-refractivity contribution >= 4 is 22.6 Å². The second-order valence-corrected chi connectivity index (χ2v) is 7.02. The summed E-state index contributed by atoms with van der Waals surface area (Å²) < 4.78 is 11.4. The molecule has 1 amide bonds. The van der Waals surface area contributed by atoms with Crippen molar-refractivity contribution in [2.45, 2.75) is 26.2 Å². The third-order valence-electron chi connectivity index (χ3n) is 4.72. The highest BCUT2D eigenvalue weighted by molar-refractivity contribution is 6.08. The smallest absolute Gasteiger partial charge is 0.255 e. The molecule has 2 aromatic heterocycles. The minimum absolute atomic E-state index is 0.169. The zero-order chi connectivity index (χ0) is 22.3. The van der Waals surface area contributed by atoms with Crippen LogP contribution in [0.15, 0.2) is 70.1 Å². The molecule has 0 unspecified atom stereocenters. The number of aromatic amines is 1. The molecular formula is C23H21N5O4. The average molecular weight is 431 g/mol. The largest absolute Gasteiger partial charge is 0.465 e. The molecule has 9 heteroatoms. The van der Waals surface area contributed by atoms with Crippen molar-refractivity contribution in [2.75, 3.05) is 5.32 Å². The summed E-state index contributed by atoms with van der Waals surface area (Å²) >= 11 is 0. The molecule has 0 bridgehead atoms. The van der Waals surface area contributed by atoms with Crippen molar-refractivity contribution in [3.05, 3.63) is 76.7 Å². The predicted octanol–water partition coefficient (Wildman–Crippen LogP) is 4.31. The Labute approximate surface area is 183 Å². The van der Waals surface area contributed by atoms with Crippen LogP contribution in [0.5, 0.6) is 5.75 Å². The number of unbranched alkanes of at least 4 members (excludes halogenated alkanes) is 2. The number of ether oxygens (including phenoxy) is 1. The van der Waals surface area contributed by atoms with Gasteiger partial charge in [0.05, 0.1) is 17.3 Å². The summed E-state index contributed by atoms with van der Waals surface area (Å²) in [5.41, 5.74) is 0.750. The molecule has 0 atom stereocenters. The average Bonchev–Trinajstić information content (AvgIpc) is 3.35. The molecule has 0 radical (unpaired) electrons. The summed E-state index contributed by atoms with van der Waals surface area (Å²) in [5, 5.41) is 16.4. The fraction of sp³-hybridized carbons (Fsp3) is 0.174.